The van der Waals surface area contributed by atoms with Crippen molar-refractivity contribution in [1.82, 2.24) is 10.2 Å². The van der Waals surface area contributed by atoms with Crippen LogP contribution >= 0.6 is 0 Å². The van der Waals surface area contributed by atoms with Crippen LogP contribution in [-0.2, 0) is 9.59 Å². The maximum Gasteiger partial charge on any atom is 0.326 e. The minimum absolute atomic E-state index is 0.0271. The molecule has 19 heavy (non-hydrogen) atoms. The molecule has 1 amide bonds. The fraction of sp³-hybridized carbons (Fsp3) is 0.857. The van der Waals surface area contributed by atoms with Gasteiger partial charge in [0.05, 0.1) is 6.04 Å². The summed E-state index contributed by atoms with van der Waals surface area (Å²) in [4.78, 5) is 25.8. The molecule has 0 aromatic heterocycles. The summed E-state index contributed by atoms with van der Waals surface area (Å²) in [5, 5.41) is 12.6. The molecule has 5 nitrogen and oxygen atoms in total. The standard InChI is InChI=1S/C14H22N2O3/c17-13(10-5-3-7-15-10)16-11-6-2-1-4-9(11)8-12(16)14(18)19/h9-12,15H,1-8H2,(H,18,19)/t9?,10-,11?,12?/m1/s1. The van der Waals surface area contributed by atoms with E-state index in [-0.39, 0.29) is 18.0 Å². The minimum Gasteiger partial charge on any atom is -0.480 e. The average Bonchev–Trinajstić information content (AvgIpc) is 3.05. The van der Waals surface area contributed by atoms with Gasteiger partial charge < -0.3 is 15.3 Å². The van der Waals surface area contributed by atoms with Gasteiger partial charge in [0, 0.05) is 6.04 Å². The second kappa shape index (κ2) is 5.12. The third-order valence-corrected chi connectivity index (χ3v) is 4.99. The lowest BCUT2D eigenvalue weighted by molar-refractivity contribution is -0.150. The second-order valence-corrected chi connectivity index (χ2v) is 6.10. The van der Waals surface area contributed by atoms with Crippen LogP contribution in [0, 0.1) is 5.92 Å². The molecule has 2 N–H and O–H groups in total. The molecule has 1 aliphatic carbocycles. The van der Waals surface area contributed by atoms with Gasteiger partial charge in [-0.05, 0) is 44.6 Å². The molecule has 1 saturated carbocycles. The van der Waals surface area contributed by atoms with E-state index >= 15 is 0 Å². The van der Waals surface area contributed by atoms with Gasteiger partial charge in [0.1, 0.15) is 6.04 Å². The molecule has 2 heterocycles. The zero-order valence-corrected chi connectivity index (χ0v) is 11.2. The van der Waals surface area contributed by atoms with Gasteiger partial charge in [-0.3, -0.25) is 4.79 Å². The average molecular weight is 266 g/mol. The Balaban J connectivity index is 1.81. The molecule has 3 fully saturated rings. The predicted octanol–water partition coefficient (Wildman–Crippen LogP) is 0.983. The summed E-state index contributed by atoms with van der Waals surface area (Å²) in [5.74, 6) is -0.403. The molecule has 0 bridgehead atoms. The van der Waals surface area contributed by atoms with Crippen LogP contribution in [0.25, 0.3) is 0 Å². The number of carboxylic acids is 1. The van der Waals surface area contributed by atoms with Crippen molar-refractivity contribution < 1.29 is 14.7 Å². The lowest BCUT2D eigenvalue weighted by Crippen LogP contribution is -2.52. The Morgan fingerprint density at radius 1 is 1.11 bits per heavy atom. The predicted molar refractivity (Wildman–Crippen MR) is 69.7 cm³/mol. The molecule has 2 aliphatic heterocycles. The topological polar surface area (TPSA) is 69.6 Å². The molecule has 3 aliphatic rings. The Morgan fingerprint density at radius 2 is 1.89 bits per heavy atom. The highest BCUT2D eigenvalue weighted by molar-refractivity contribution is 5.88. The van der Waals surface area contributed by atoms with Gasteiger partial charge >= 0.3 is 5.97 Å². The molecule has 3 rings (SSSR count). The first-order valence-corrected chi connectivity index (χ1v) is 7.47. The second-order valence-electron chi connectivity index (χ2n) is 6.10. The summed E-state index contributed by atoms with van der Waals surface area (Å²) in [6.07, 6.45) is 6.86. The smallest absolute Gasteiger partial charge is 0.326 e. The number of carbonyl (C=O) groups excluding carboxylic acids is 1. The molecular weight excluding hydrogens is 244 g/mol. The molecule has 0 aromatic rings. The van der Waals surface area contributed by atoms with Crippen molar-refractivity contribution in [3.05, 3.63) is 0 Å². The Kier molecular flexibility index (Phi) is 3.48. The van der Waals surface area contributed by atoms with Crippen LogP contribution in [-0.4, -0.2) is 46.6 Å². The lowest BCUT2D eigenvalue weighted by atomic mass is 9.84. The van der Waals surface area contributed by atoms with E-state index in [1.807, 2.05) is 0 Å². The summed E-state index contributed by atoms with van der Waals surface area (Å²) >= 11 is 0. The molecule has 3 unspecified atom stereocenters. The van der Waals surface area contributed by atoms with Crippen molar-refractivity contribution in [3.63, 3.8) is 0 Å². The Labute approximate surface area is 113 Å². The van der Waals surface area contributed by atoms with Crippen LogP contribution in [0.5, 0.6) is 0 Å². The van der Waals surface area contributed by atoms with Crippen LogP contribution in [0.1, 0.15) is 44.9 Å². The largest absolute Gasteiger partial charge is 0.480 e. The molecule has 5 heteroatoms. The van der Waals surface area contributed by atoms with Crippen LogP contribution in [0.3, 0.4) is 0 Å². The van der Waals surface area contributed by atoms with Gasteiger partial charge in [0.2, 0.25) is 5.91 Å². The van der Waals surface area contributed by atoms with E-state index in [0.717, 1.165) is 38.6 Å². The number of carboxylic acid groups (broad SMARTS) is 1. The summed E-state index contributed by atoms with van der Waals surface area (Å²) in [7, 11) is 0. The number of likely N-dealkylation sites (tertiary alicyclic amines) is 1. The van der Waals surface area contributed by atoms with Gasteiger partial charge in [-0.25, -0.2) is 4.79 Å². The number of nitrogens with one attached hydrogen (secondary N) is 1. The van der Waals surface area contributed by atoms with Crippen LogP contribution in [0.2, 0.25) is 0 Å². The molecule has 0 aromatic carbocycles. The van der Waals surface area contributed by atoms with E-state index in [1.54, 1.807) is 4.90 Å². The van der Waals surface area contributed by atoms with Gasteiger partial charge in [0.25, 0.3) is 0 Å². The van der Waals surface area contributed by atoms with Gasteiger partial charge in [-0.2, -0.15) is 0 Å². The fourth-order valence-electron chi connectivity index (χ4n) is 4.07. The van der Waals surface area contributed by atoms with Gasteiger partial charge in [0.15, 0.2) is 0 Å². The van der Waals surface area contributed by atoms with Crippen LogP contribution in [0.15, 0.2) is 0 Å². The molecule has 2 saturated heterocycles. The van der Waals surface area contributed by atoms with Crippen molar-refractivity contribution in [1.29, 1.82) is 0 Å². The quantitative estimate of drug-likeness (QED) is 0.782. The Morgan fingerprint density at radius 3 is 2.58 bits per heavy atom. The number of carbonyl (C=O) groups is 2. The third kappa shape index (κ3) is 2.24. The number of amides is 1. The summed E-state index contributed by atoms with van der Waals surface area (Å²) < 4.78 is 0. The highest BCUT2D eigenvalue weighted by Gasteiger charge is 2.48. The highest BCUT2D eigenvalue weighted by atomic mass is 16.4. The maximum absolute atomic E-state index is 12.6. The van der Waals surface area contributed by atoms with Gasteiger partial charge in [-0.15, -0.1) is 0 Å². The number of aliphatic carboxylic acids is 1. The summed E-state index contributed by atoms with van der Waals surface area (Å²) in [6.45, 7) is 0.871. The summed E-state index contributed by atoms with van der Waals surface area (Å²) in [5.41, 5.74) is 0. The first-order chi connectivity index (χ1) is 9.18. The zero-order valence-electron chi connectivity index (χ0n) is 11.2. The third-order valence-electron chi connectivity index (χ3n) is 4.99. The van der Waals surface area contributed by atoms with Crippen molar-refractivity contribution >= 4 is 11.9 Å². The van der Waals surface area contributed by atoms with Crippen LogP contribution in [0.4, 0.5) is 0 Å². The number of fused-ring (bicyclic) bond motifs is 1. The molecule has 4 atom stereocenters. The number of hydrogen-bond acceptors (Lipinski definition) is 3. The van der Waals surface area contributed by atoms with Gasteiger partial charge in [-0.1, -0.05) is 12.8 Å². The number of hydrogen-bond donors (Lipinski definition) is 2. The minimum atomic E-state index is -0.833. The monoisotopic (exact) mass is 266 g/mol. The Hall–Kier alpha value is -1.10. The van der Waals surface area contributed by atoms with Crippen LogP contribution < -0.4 is 5.32 Å². The first-order valence-electron chi connectivity index (χ1n) is 7.47. The first kappa shape index (κ1) is 12.9. The van der Waals surface area contributed by atoms with Crippen molar-refractivity contribution in [2.45, 2.75) is 63.1 Å². The van der Waals surface area contributed by atoms with Crippen molar-refractivity contribution in [2.75, 3.05) is 6.54 Å². The normalized spacial score (nSPS) is 38.2. The molecule has 0 radical (unpaired) electrons. The van der Waals surface area contributed by atoms with E-state index < -0.39 is 12.0 Å². The van der Waals surface area contributed by atoms with Crippen molar-refractivity contribution in [2.24, 2.45) is 5.92 Å². The molecular formula is C14H22N2O3. The molecule has 0 spiro atoms. The van der Waals surface area contributed by atoms with E-state index in [0.29, 0.717) is 12.3 Å². The van der Waals surface area contributed by atoms with Crippen molar-refractivity contribution in [3.8, 4) is 0 Å². The fourth-order valence-corrected chi connectivity index (χ4v) is 4.07. The zero-order chi connectivity index (χ0) is 13.4. The Bertz CT molecular complexity index is 379. The van der Waals surface area contributed by atoms with E-state index in [4.69, 9.17) is 0 Å². The maximum atomic E-state index is 12.6. The van der Waals surface area contributed by atoms with E-state index in [2.05, 4.69) is 5.32 Å². The molecule has 106 valence electrons. The SMILES string of the molecule is O=C(O)C1CC2CCCCC2N1C(=O)[C@H]1CCCN1. The number of rotatable bonds is 2. The van der Waals surface area contributed by atoms with E-state index in [9.17, 15) is 14.7 Å². The van der Waals surface area contributed by atoms with E-state index in [1.165, 1.54) is 6.42 Å². The highest BCUT2D eigenvalue weighted by Crippen LogP contribution is 2.40. The number of nitrogens with zero attached hydrogens (tertiary/aromatic N) is 1. The summed E-state index contributed by atoms with van der Waals surface area (Å²) in [6, 6.07) is -0.574. The lowest BCUT2D eigenvalue weighted by Gasteiger charge is -2.34.